The second kappa shape index (κ2) is 17.8. The fourth-order valence-corrected chi connectivity index (χ4v) is 6.95. The SMILES string of the molecule is CCOC(=O)CCc1cccc(C(O)CCCC(C)(C)CSCCc2c(Oc3ccc(F)c(C(N)=C(C#N)C=N)c3)c(F)cc3[nH]ccc23)c1. The van der Waals surface area contributed by atoms with Gasteiger partial charge in [-0.25, -0.2) is 8.78 Å². The van der Waals surface area contributed by atoms with Gasteiger partial charge in [-0.15, -0.1) is 0 Å². The second-order valence-corrected chi connectivity index (χ2v) is 14.0. The van der Waals surface area contributed by atoms with Gasteiger partial charge in [0, 0.05) is 46.9 Å². The van der Waals surface area contributed by atoms with Crippen molar-refractivity contribution in [2.75, 3.05) is 18.1 Å². The van der Waals surface area contributed by atoms with Gasteiger partial charge in [-0.3, -0.25) is 4.79 Å². The normalized spacial score (nSPS) is 12.7. The Morgan fingerprint density at radius 2 is 1.96 bits per heavy atom. The summed E-state index contributed by atoms with van der Waals surface area (Å²) in [5.74, 6) is 0.225. The molecule has 1 aromatic heterocycles. The lowest BCUT2D eigenvalue weighted by molar-refractivity contribution is -0.143. The van der Waals surface area contributed by atoms with Gasteiger partial charge in [0.15, 0.2) is 11.6 Å². The van der Waals surface area contributed by atoms with Crippen LogP contribution in [-0.2, 0) is 22.4 Å². The minimum Gasteiger partial charge on any atom is -0.466 e. The maximum atomic E-state index is 15.5. The first-order valence-corrected chi connectivity index (χ1v) is 17.8. The molecule has 1 unspecified atom stereocenters. The van der Waals surface area contributed by atoms with E-state index >= 15 is 4.39 Å². The quantitative estimate of drug-likeness (QED) is 0.0351. The predicted molar refractivity (Wildman–Crippen MR) is 195 cm³/mol. The Hall–Kier alpha value is -4.66. The summed E-state index contributed by atoms with van der Waals surface area (Å²) < 4.78 is 41.2. The highest BCUT2D eigenvalue weighted by Crippen LogP contribution is 2.37. The topological polar surface area (TPSA) is 145 Å². The fourth-order valence-electron chi connectivity index (χ4n) is 5.76. The number of aryl methyl sites for hydroxylation is 2. The van der Waals surface area contributed by atoms with Crippen LogP contribution in [0.25, 0.3) is 16.6 Å². The summed E-state index contributed by atoms with van der Waals surface area (Å²) in [5.41, 5.74) is 8.58. The maximum Gasteiger partial charge on any atom is 0.306 e. The van der Waals surface area contributed by atoms with Crippen molar-refractivity contribution in [3.8, 4) is 17.6 Å². The molecule has 3 aromatic carbocycles. The van der Waals surface area contributed by atoms with Crippen LogP contribution in [0.15, 0.2) is 66.4 Å². The van der Waals surface area contributed by atoms with E-state index in [1.165, 1.54) is 18.2 Å². The molecule has 0 spiro atoms. The highest BCUT2D eigenvalue weighted by Gasteiger charge is 2.21. The number of fused-ring (bicyclic) bond motifs is 1. The molecule has 11 heteroatoms. The third-order valence-electron chi connectivity index (χ3n) is 8.45. The van der Waals surface area contributed by atoms with Crippen LogP contribution < -0.4 is 10.5 Å². The van der Waals surface area contributed by atoms with Gasteiger partial charge in [0.2, 0.25) is 0 Å². The third kappa shape index (κ3) is 10.2. The fraction of sp³-hybridized carbons (Fsp3) is 0.359. The molecule has 0 aliphatic rings. The Labute approximate surface area is 296 Å². The van der Waals surface area contributed by atoms with Crippen molar-refractivity contribution < 1.29 is 28.2 Å². The van der Waals surface area contributed by atoms with E-state index in [2.05, 4.69) is 18.8 Å². The third-order valence-corrected chi connectivity index (χ3v) is 9.93. The molecule has 0 saturated carbocycles. The second-order valence-electron chi connectivity index (χ2n) is 12.9. The number of allylic oxidation sites excluding steroid dienone is 1. The largest absolute Gasteiger partial charge is 0.466 e. The number of hydrogen-bond donors (Lipinski definition) is 4. The number of hydrogen-bond acceptors (Lipinski definition) is 8. The molecule has 0 aliphatic carbocycles. The van der Waals surface area contributed by atoms with E-state index in [1.807, 2.05) is 30.3 Å². The summed E-state index contributed by atoms with van der Waals surface area (Å²) in [6, 6.07) is 16.5. The van der Waals surface area contributed by atoms with Gasteiger partial charge < -0.3 is 30.7 Å². The molecular formula is C39H44F2N4O4S. The van der Waals surface area contributed by atoms with E-state index in [0.29, 0.717) is 49.1 Å². The maximum absolute atomic E-state index is 15.5. The van der Waals surface area contributed by atoms with Crippen molar-refractivity contribution >= 4 is 40.5 Å². The number of aromatic nitrogens is 1. The number of thioether (sulfide) groups is 1. The first-order chi connectivity index (χ1) is 24.0. The number of halogens is 2. The average molecular weight is 703 g/mol. The zero-order valence-corrected chi connectivity index (χ0v) is 29.5. The Kier molecular flexibility index (Phi) is 13.6. The van der Waals surface area contributed by atoms with E-state index < -0.39 is 17.7 Å². The van der Waals surface area contributed by atoms with Crippen molar-refractivity contribution in [3.05, 3.63) is 100 Å². The van der Waals surface area contributed by atoms with Crippen molar-refractivity contribution in [2.24, 2.45) is 11.1 Å². The van der Waals surface area contributed by atoms with Crippen LogP contribution in [0.5, 0.6) is 11.5 Å². The number of nitriles is 1. The summed E-state index contributed by atoms with van der Waals surface area (Å²) in [5, 5.41) is 28.3. The van der Waals surface area contributed by atoms with Gasteiger partial charge in [-0.05, 0) is 91.3 Å². The Bertz CT molecular complexity index is 1880. The lowest BCUT2D eigenvalue weighted by atomic mass is 9.88. The lowest BCUT2D eigenvalue weighted by Gasteiger charge is -2.25. The summed E-state index contributed by atoms with van der Waals surface area (Å²) >= 11 is 1.76. The van der Waals surface area contributed by atoms with Gasteiger partial charge in [-0.2, -0.15) is 17.0 Å². The number of rotatable bonds is 18. The van der Waals surface area contributed by atoms with Crippen molar-refractivity contribution in [3.63, 3.8) is 0 Å². The number of nitrogens with two attached hydrogens (primary N) is 1. The van der Waals surface area contributed by atoms with Gasteiger partial charge in [0.1, 0.15) is 17.6 Å². The Balaban J connectivity index is 1.36. The van der Waals surface area contributed by atoms with E-state index in [-0.39, 0.29) is 39.7 Å². The molecule has 0 aliphatic heterocycles. The molecule has 1 heterocycles. The monoisotopic (exact) mass is 702 g/mol. The molecule has 0 bridgehead atoms. The van der Waals surface area contributed by atoms with Crippen LogP contribution in [-0.4, -0.2) is 40.4 Å². The van der Waals surface area contributed by atoms with Crippen molar-refractivity contribution in [1.82, 2.24) is 4.98 Å². The van der Waals surface area contributed by atoms with Crippen LogP contribution in [0.3, 0.4) is 0 Å². The number of esters is 1. The number of carbonyl (C=O) groups excluding carboxylic acids is 1. The van der Waals surface area contributed by atoms with Gasteiger partial charge in [0.05, 0.1) is 24.0 Å². The van der Waals surface area contributed by atoms with Gasteiger partial charge >= 0.3 is 5.97 Å². The van der Waals surface area contributed by atoms with Gasteiger partial charge in [0.25, 0.3) is 0 Å². The highest BCUT2D eigenvalue weighted by molar-refractivity contribution is 7.99. The first kappa shape index (κ1) is 38.1. The number of nitrogens with one attached hydrogen (secondary N) is 2. The van der Waals surface area contributed by atoms with Gasteiger partial charge in [-0.1, -0.05) is 38.1 Å². The smallest absolute Gasteiger partial charge is 0.306 e. The van der Waals surface area contributed by atoms with Crippen LogP contribution in [0.2, 0.25) is 0 Å². The zero-order valence-electron chi connectivity index (χ0n) is 28.7. The number of aromatic amines is 1. The summed E-state index contributed by atoms with van der Waals surface area (Å²) in [7, 11) is 0. The average Bonchev–Trinajstić information content (AvgIpc) is 3.56. The molecule has 0 radical (unpaired) electrons. The summed E-state index contributed by atoms with van der Waals surface area (Å²) in [6.07, 6.45) is 5.65. The lowest BCUT2D eigenvalue weighted by Crippen LogP contribution is -2.16. The molecule has 4 rings (SSSR count). The van der Waals surface area contributed by atoms with E-state index in [9.17, 15) is 19.6 Å². The molecule has 0 saturated heterocycles. The molecular weight excluding hydrogens is 659 g/mol. The molecule has 0 amide bonds. The molecule has 0 fully saturated rings. The molecule has 4 aromatic rings. The molecule has 8 nitrogen and oxygen atoms in total. The number of aliphatic hydroxyl groups excluding tert-OH is 1. The number of ether oxygens (including phenoxy) is 2. The number of carbonyl (C=O) groups is 1. The van der Waals surface area contributed by atoms with E-state index in [0.717, 1.165) is 47.4 Å². The van der Waals surface area contributed by atoms with Crippen molar-refractivity contribution in [1.29, 1.82) is 10.7 Å². The minimum atomic E-state index is -0.697. The highest BCUT2D eigenvalue weighted by atomic mass is 32.2. The van der Waals surface area contributed by atoms with Crippen LogP contribution in [0, 0.1) is 33.8 Å². The molecule has 50 heavy (non-hydrogen) atoms. The minimum absolute atomic E-state index is 0.00668. The Morgan fingerprint density at radius 3 is 2.70 bits per heavy atom. The molecule has 264 valence electrons. The van der Waals surface area contributed by atoms with E-state index in [4.69, 9.17) is 20.6 Å². The molecule has 1 atom stereocenters. The summed E-state index contributed by atoms with van der Waals surface area (Å²) in [4.78, 5) is 14.8. The standard InChI is InChI=1S/C39H44F2N4O4S/c1-4-48-36(47)13-10-25-7-5-8-26(19-25)35(46)9-6-16-39(2,3)24-50-18-15-30-29-14-17-45-34(29)21-33(41)38(30)49-28-11-12-32(40)31(20-28)37(44)27(22-42)23-43/h5,7-8,11-12,14,17,19-22,35,42,45-46H,4,6,9-10,13,15-16,18,24,44H2,1-3H3. The number of aliphatic hydroxyl groups is 1. The number of nitrogens with zero attached hydrogens (tertiary/aromatic N) is 1. The van der Waals surface area contributed by atoms with Crippen molar-refractivity contribution in [2.45, 2.75) is 65.4 Å². The van der Waals surface area contributed by atoms with E-state index in [1.54, 1.807) is 31.0 Å². The first-order valence-electron chi connectivity index (χ1n) is 16.6. The molecule has 5 N–H and O–H groups in total. The van der Waals surface area contributed by atoms with Crippen LogP contribution in [0.4, 0.5) is 8.78 Å². The summed E-state index contributed by atoms with van der Waals surface area (Å²) in [6.45, 7) is 6.55. The predicted octanol–water partition coefficient (Wildman–Crippen LogP) is 8.78. The Morgan fingerprint density at radius 1 is 1.16 bits per heavy atom. The van der Waals surface area contributed by atoms with Crippen LogP contribution in [0.1, 0.15) is 74.8 Å². The number of benzene rings is 3. The number of H-pyrrole nitrogens is 1. The van der Waals surface area contributed by atoms with Crippen LogP contribution >= 0.6 is 11.8 Å². The zero-order chi connectivity index (χ0) is 36.3.